The lowest BCUT2D eigenvalue weighted by Crippen LogP contribution is -2.44. The summed E-state index contributed by atoms with van der Waals surface area (Å²) in [6.45, 7) is 7.71. The van der Waals surface area contributed by atoms with E-state index in [1.54, 1.807) is 12.1 Å². The first-order valence-corrected chi connectivity index (χ1v) is 7.83. The highest BCUT2D eigenvalue weighted by Crippen LogP contribution is 2.37. The van der Waals surface area contributed by atoms with Crippen molar-refractivity contribution in [3.63, 3.8) is 0 Å². The summed E-state index contributed by atoms with van der Waals surface area (Å²) in [5, 5.41) is 3.59. The summed E-state index contributed by atoms with van der Waals surface area (Å²) >= 11 is 3.46. The van der Waals surface area contributed by atoms with Crippen molar-refractivity contribution < 1.29 is 4.39 Å². The second-order valence-corrected chi connectivity index (χ2v) is 7.52. The Morgan fingerprint density at radius 1 is 1.26 bits per heavy atom. The van der Waals surface area contributed by atoms with Crippen molar-refractivity contribution in [3.05, 3.63) is 34.1 Å². The Morgan fingerprint density at radius 3 is 2.47 bits per heavy atom. The lowest BCUT2D eigenvalue weighted by Gasteiger charge is -2.39. The Kier molecular flexibility index (Phi) is 4.67. The molecule has 0 spiro atoms. The van der Waals surface area contributed by atoms with Crippen LogP contribution < -0.4 is 5.32 Å². The van der Waals surface area contributed by atoms with Crippen molar-refractivity contribution in [2.45, 2.75) is 45.6 Å². The highest BCUT2D eigenvalue weighted by molar-refractivity contribution is 9.10. The van der Waals surface area contributed by atoms with Gasteiger partial charge < -0.3 is 5.32 Å². The molecular formula is C16H23BrFN. The van der Waals surface area contributed by atoms with E-state index >= 15 is 0 Å². The number of hydrogen-bond donors (Lipinski definition) is 1. The van der Waals surface area contributed by atoms with Crippen LogP contribution in [0.15, 0.2) is 22.7 Å². The molecule has 0 aliphatic heterocycles. The molecule has 1 nitrogen and oxygen atoms in total. The van der Waals surface area contributed by atoms with Crippen molar-refractivity contribution in [1.82, 2.24) is 5.32 Å². The van der Waals surface area contributed by atoms with Crippen molar-refractivity contribution in [1.29, 1.82) is 0 Å². The fourth-order valence-corrected chi connectivity index (χ4v) is 3.10. The Bertz CT molecular complexity index is 439. The quantitative estimate of drug-likeness (QED) is 0.855. The molecule has 1 aromatic rings. The van der Waals surface area contributed by atoms with Crippen molar-refractivity contribution in [2.24, 2.45) is 11.8 Å². The zero-order chi connectivity index (χ0) is 14.0. The smallest absolute Gasteiger partial charge is 0.124 e. The number of hydrogen-bond acceptors (Lipinski definition) is 1. The van der Waals surface area contributed by atoms with Gasteiger partial charge in [-0.3, -0.25) is 0 Å². The molecule has 3 heteroatoms. The highest BCUT2D eigenvalue weighted by atomic mass is 79.9. The Balaban J connectivity index is 1.89. The van der Waals surface area contributed by atoms with Crippen molar-refractivity contribution >= 4 is 15.9 Å². The van der Waals surface area contributed by atoms with E-state index in [1.165, 1.54) is 18.4 Å². The Morgan fingerprint density at radius 2 is 1.95 bits per heavy atom. The van der Waals surface area contributed by atoms with Gasteiger partial charge in [0.2, 0.25) is 0 Å². The summed E-state index contributed by atoms with van der Waals surface area (Å²) in [5.41, 5.74) is 1.42. The predicted octanol–water partition coefficient (Wildman–Crippen LogP) is 4.55. The molecule has 1 fully saturated rings. The minimum atomic E-state index is -0.171. The lowest BCUT2D eigenvalue weighted by molar-refractivity contribution is 0.159. The molecule has 0 amide bonds. The van der Waals surface area contributed by atoms with E-state index in [0.29, 0.717) is 0 Å². The zero-order valence-electron chi connectivity index (χ0n) is 12.0. The van der Waals surface area contributed by atoms with Gasteiger partial charge in [0.05, 0.1) is 0 Å². The maximum absolute atomic E-state index is 13.1. The van der Waals surface area contributed by atoms with Crippen LogP contribution in [-0.2, 0) is 6.42 Å². The molecule has 1 aromatic carbocycles. The van der Waals surface area contributed by atoms with E-state index in [9.17, 15) is 4.39 Å². The summed E-state index contributed by atoms with van der Waals surface area (Å²) in [5.74, 6) is 1.32. The minimum Gasteiger partial charge on any atom is -0.312 e. The standard InChI is InChI=1S/C16H23BrFN/c1-16(2,3)19-10-13-5-4-11(13)8-12-6-7-14(18)9-15(12)17/h6-7,9,11,13,19H,4-5,8,10H2,1-3H3. The Labute approximate surface area is 124 Å². The predicted molar refractivity (Wildman–Crippen MR) is 81.8 cm³/mol. The van der Waals surface area contributed by atoms with Crippen LogP contribution in [0.25, 0.3) is 0 Å². The van der Waals surface area contributed by atoms with E-state index in [1.807, 2.05) is 6.07 Å². The van der Waals surface area contributed by atoms with Crippen LogP contribution in [0.5, 0.6) is 0 Å². The van der Waals surface area contributed by atoms with Gasteiger partial charge in [-0.2, -0.15) is 0 Å². The van der Waals surface area contributed by atoms with E-state index in [4.69, 9.17) is 0 Å². The molecule has 0 saturated heterocycles. The van der Waals surface area contributed by atoms with E-state index in [0.717, 1.165) is 29.3 Å². The van der Waals surface area contributed by atoms with Gasteiger partial charge in [0.1, 0.15) is 5.82 Å². The summed E-state index contributed by atoms with van der Waals surface area (Å²) < 4.78 is 14.0. The zero-order valence-corrected chi connectivity index (χ0v) is 13.6. The summed E-state index contributed by atoms with van der Waals surface area (Å²) in [4.78, 5) is 0. The van der Waals surface area contributed by atoms with Crippen LogP contribution in [0.4, 0.5) is 4.39 Å². The van der Waals surface area contributed by atoms with Gasteiger partial charge in [-0.15, -0.1) is 0 Å². The average Bonchev–Trinajstić information content (AvgIpc) is 2.24. The number of nitrogens with one attached hydrogen (secondary N) is 1. The summed E-state index contributed by atoms with van der Waals surface area (Å²) in [7, 11) is 0. The van der Waals surface area contributed by atoms with E-state index in [2.05, 4.69) is 42.0 Å². The molecular weight excluding hydrogens is 305 g/mol. The fraction of sp³-hybridized carbons (Fsp3) is 0.625. The number of rotatable bonds is 4. The van der Waals surface area contributed by atoms with Crippen molar-refractivity contribution in [3.8, 4) is 0 Å². The highest BCUT2D eigenvalue weighted by Gasteiger charge is 2.31. The number of benzene rings is 1. The lowest BCUT2D eigenvalue weighted by atomic mass is 9.70. The second kappa shape index (κ2) is 5.92. The first-order valence-electron chi connectivity index (χ1n) is 7.04. The summed E-state index contributed by atoms with van der Waals surface area (Å²) in [6, 6.07) is 5.03. The number of halogens is 2. The molecule has 2 rings (SSSR count). The average molecular weight is 328 g/mol. The normalized spacial score (nSPS) is 23.2. The largest absolute Gasteiger partial charge is 0.312 e. The molecule has 106 valence electrons. The maximum Gasteiger partial charge on any atom is 0.124 e. The molecule has 1 aliphatic carbocycles. The topological polar surface area (TPSA) is 12.0 Å². The first kappa shape index (κ1) is 15.0. The van der Waals surface area contributed by atoms with Gasteiger partial charge in [0.15, 0.2) is 0 Å². The van der Waals surface area contributed by atoms with Gasteiger partial charge in [0.25, 0.3) is 0 Å². The van der Waals surface area contributed by atoms with Crippen LogP contribution in [0.3, 0.4) is 0 Å². The SMILES string of the molecule is CC(C)(C)NCC1CCC1Cc1ccc(F)cc1Br. The van der Waals surface area contributed by atoms with Crippen LogP contribution in [0, 0.1) is 17.7 Å². The van der Waals surface area contributed by atoms with Gasteiger partial charge in [-0.1, -0.05) is 22.0 Å². The third-order valence-electron chi connectivity index (χ3n) is 3.97. The van der Waals surface area contributed by atoms with Gasteiger partial charge >= 0.3 is 0 Å². The molecule has 1 aliphatic rings. The molecule has 1 saturated carbocycles. The first-order chi connectivity index (χ1) is 8.85. The fourth-order valence-electron chi connectivity index (χ4n) is 2.58. The minimum absolute atomic E-state index is 0.171. The molecule has 0 bridgehead atoms. The monoisotopic (exact) mass is 327 g/mol. The van der Waals surface area contributed by atoms with Crippen LogP contribution in [0.2, 0.25) is 0 Å². The summed E-state index contributed by atoms with van der Waals surface area (Å²) in [6.07, 6.45) is 3.66. The molecule has 2 unspecified atom stereocenters. The molecule has 0 radical (unpaired) electrons. The third-order valence-corrected chi connectivity index (χ3v) is 4.70. The van der Waals surface area contributed by atoms with Gasteiger partial charge in [-0.05, 0) is 76.1 Å². The second-order valence-electron chi connectivity index (χ2n) is 6.67. The molecule has 19 heavy (non-hydrogen) atoms. The van der Waals surface area contributed by atoms with Gasteiger partial charge in [0, 0.05) is 10.0 Å². The van der Waals surface area contributed by atoms with Crippen LogP contribution in [-0.4, -0.2) is 12.1 Å². The van der Waals surface area contributed by atoms with E-state index < -0.39 is 0 Å². The van der Waals surface area contributed by atoms with Crippen LogP contribution >= 0.6 is 15.9 Å². The maximum atomic E-state index is 13.1. The van der Waals surface area contributed by atoms with Crippen molar-refractivity contribution in [2.75, 3.05) is 6.54 Å². The van der Waals surface area contributed by atoms with Crippen LogP contribution in [0.1, 0.15) is 39.2 Å². The molecule has 2 atom stereocenters. The Hall–Kier alpha value is -0.410. The third kappa shape index (κ3) is 4.28. The molecule has 0 aromatic heterocycles. The molecule has 0 heterocycles. The van der Waals surface area contributed by atoms with E-state index in [-0.39, 0.29) is 11.4 Å². The van der Waals surface area contributed by atoms with Gasteiger partial charge in [-0.25, -0.2) is 4.39 Å². The molecule has 1 N–H and O–H groups in total.